The van der Waals surface area contributed by atoms with Gasteiger partial charge in [0.15, 0.2) is 0 Å². The van der Waals surface area contributed by atoms with E-state index in [0.717, 1.165) is 12.8 Å². The van der Waals surface area contributed by atoms with E-state index in [1.807, 2.05) is 0 Å². The molecule has 2 aliphatic carbocycles. The number of rotatable bonds is 10. The van der Waals surface area contributed by atoms with Gasteiger partial charge in [-0.15, -0.1) is 24.8 Å². The number of allylic oxidation sites excluding steroid dienone is 2. The van der Waals surface area contributed by atoms with E-state index in [1.54, 1.807) is 33.4 Å². The van der Waals surface area contributed by atoms with E-state index in [-0.39, 0.29) is 24.8 Å². The van der Waals surface area contributed by atoms with Crippen LogP contribution in [0.15, 0.2) is 96.1 Å². The van der Waals surface area contributed by atoms with Crippen molar-refractivity contribution >= 4 is 37.0 Å². The minimum Gasteiger partial charge on any atom is -0.147 e. The van der Waals surface area contributed by atoms with Crippen molar-refractivity contribution in [2.24, 2.45) is 0 Å². The molecule has 3 aliphatic rings. The average molecular weight is 816 g/mol. The van der Waals surface area contributed by atoms with E-state index in [2.05, 4.69) is 125 Å². The van der Waals surface area contributed by atoms with Crippen LogP contribution in [-0.4, -0.2) is 0 Å². The molecule has 0 amide bonds. The second-order valence-electron chi connectivity index (χ2n) is 13.6. The van der Waals surface area contributed by atoms with Crippen molar-refractivity contribution in [2.45, 2.75) is 88.3 Å². The summed E-state index contributed by atoms with van der Waals surface area (Å²) < 4.78 is 4.50. The maximum atomic E-state index is 2.68. The molecule has 1 heterocycles. The largest absolute Gasteiger partial charge is 0.147 e. The first-order chi connectivity index (χ1) is 21.6. The summed E-state index contributed by atoms with van der Waals surface area (Å²) >= 11 is -3.02. The van der Waals surface area contributed by atoms with Crippen LogP contribution in [0.2, 0.25) is 8.35 Å². The topological polar surface area (TPSA) is 0 Å². The second-order valence-corrected chi connectivity index (χ2v) is 30.2. The molecule has 3 heteroatoms. The van der Waals surface area contributed by atoms with Crippen LogP contribution >= 0.6 is 24.8 Å². The number of fused-ring (bicyclic) bond motifs is 2. The van der Waals surface area contributed by atoms with Crippen molar-refractivity contribution < 1.29 is 20.0 Å². The Labute approximate surface area is 295 Å². The number of benzene rings is 4. The monoisotopic (exact) mass is 816 g/mol. The molecular formula is C43H50Cl2Hf. The Kier molecular flexibility index (Phi) is 11.4. The first-order valence-electron chi connectivity index (χ1n) is 17.5. The molecule has 2 unspecified atom stereocenters. The number of hydrogen-bond donors (Lipinski definition) is 0. The molecule has 0 nitrogen and oxygen atoms in total. The molecule has 0 N–H and O–H groups in total. The van der Waals surface area contributed by atoms with Crippen molar-refractivity contribution in [3.8, 4) is 22.3 Å². The van der Waals surface area contributed by atoms with Gasteiger partial charge in [-0.05, 0) is 0 Å². The predicted octanol–water partition coefficient (Wildman–Crippen LogP) is 13.6. The van der Waals surface area contributed by atoms with Crippen molar-refractivity contribution in [1.29, 1.82) is 0 Å². The van der Waals surface area contributed by atoms with Gasteiger partial charge < -0.3 is 0 Å². The molecule has 0 aromatic heterocycles. The van der Waals surface area contributed by atoms with Crippen LogP contribution in [0.25, 0.3) is 34.4 Å². The van der Waals surface area contributed by atoms with Gasteiger partial charge in [0.05, 0.1) is 0 Å². The molecule has 1 aliphatic heterocycles. The van der Waals surface area contributed by atoms with Gasteiger partial charge in [0.25, 0.3) is 0 Å². The first kappa shape index (κ1) is 35.1. The second kappa shape index (κ2) is 14.9. The average Bonchev–Trinajstić information content (AvgIpc) is 3.60. The zero-order valence-corrected chi connectivity index (χ0v) is 33.3. The Morgan fingerprint density at radius 2 is 0.957 bits per heavy atom. The Balaban J connectivity index is 0.00000208. The van der Waals surface area contributed by atoms with Crippen LogP contribution in [0.5, 0.6) is 0 Å². The van der Waals surface area contributed by atoms with Gasteiger partial charge in [-0.1, -0.05) is 0 Å². The molecule has 4 aromatic rings. The SMILES string of the molecule is CCCC1=Cc2c(-c3ccc(CC)cc3)cccc2[CH]1[Hf]1([CH]2C(CCC)=Cc3c(-c4ccc(CC)cc4)cccc32)[CH2]C[CH2]1.Cl.Cl. The van der Waals surface area contributed by atoms with Gasteiger partial charge in [-0.2, -0.15) is 0 Å². The van der Waals surface area contributed by atoms with Gasteiger partial charge in [0.2, 0.25) is 0 Å². The van der Waals surface area contributed by atoms with Gasteiger partial charge >= 0.3 is 272 Å². The smallest absolute Gasteiger partial charge is 0.147 e. The fraction of sp³-hybridized carbons (Fsp3) is 0.349. The molecule has 4 aromatic carbocycles. The molecule has 1 saturated heterocycles. The molecule has 2 atom stereocenters. The summed E-state index contributed by atoms with van der Waals surface area (Å²) in [5, 5.41) is 0. The van der Waals surface area contributed by atoms with Gasteiger partial charge in [0, 0.05) is 0 Å². The summed E-state index contributed by atoms with van der Waals surface area (Å²) in [6.45, 7) is 9.27. The summed E-state index contributed by atoms with van der Waals surface area (Å²) in [6.07, 6.45) is 13.9. The Hall–Kier alpha value is -2.19. The summed E-state index contributed by atoms with van der Waals surface area (Å²) in [5.74, 6) is 0. The predicted molar refractivity (Wildman–Crippen MR) is 202 cm³/mol. The molecule has 0 saturated carbocycles. The summed E-state index contributed by atoms with van der Waals surface area (Å²) in [7, 11) is 0. The molecular weight excluding hydrogens is 766 g/mol. The molecule has 7 rings (SSSR count). The van der Waals surface area contributed by atoms with Crippen molar-refractivity contribution in [3.05, 3.63) is 129 Å². The minimum absolute atomic E-state index is 0. The van der Waals surface area contributed by atoms with Crippen LogP contribution in [0.3, 0.4) is 0 Å². The van der Waals surface area contributed by atoms with Crippen molar-refractivity contribution in [3.63, 3.8) is 0 Å². The van der Waals surface area contributed by atoms with Gasteiger partial charge in [-0.3, -0.25) is 0 Å². The summed E-state index contributed by atoms with van der Waals surface area (Å²) in [5.41, 5.74) is 18.5. The maximum Gasteiger partial charge on any atom is -0.147 e. The quantitative estimate of drug-likeness (QED) is 0.140. The maximum absolute atomic E-state index is 3.02. The van der Waals surface area contributed by atoms with Crippen molar-refractivity contribution in [1.82, 2.24) is 0 Å². The third-order valence-corrected chi connectivity index (χ3v) is 33.6. The summed E-state index contributed by atoms with van der Waals surface area (Å²) in [4.78, 5) is 0. The number of aryl methyl sites for hydroxylation is 2. The van der Waals surface area contributed by atoms with Crippen LogP contribution in [0.4, 0.5) is 0 Å². The Morgan fingerprint density at radius 3 is 1.28 bits per heavy atom. The number of hydrogen-bond acceptors (Lipinski definition) is 0. The third kappa shape index (κ3) is 5.99. The van der Waals surface area contributed by atoms with Gasteiger partial charge in [0.1, 0.15) is 0 Å². The fourth-order valence-corrected chi connectivity index (χ4v) is 31.7. The Morgan fingerprint density at radius 1 is 0.543 bits per heavy atom. The molecule has 0 spiro atoms. The van der Waals surface area contributed by atoms with Gasteiger partial charge in [-0.25, -0.2) is 0 Å². The minimum atomic E-state index is -3.02. The Bertz CT molecular complexity index is 1600. The van der Waals surface area contributed by atoms with Crippen LogP contribution in [0, 0.1) is 0 Å². The van der Waals surface area contributed by atoms with Crippen LogP contribution < -0.4 is 0 Å². The van der Waals surface area contributed by atoms with E-state index in [4.69, 9.17) is 0 Å². The third-order valence-electron chi connectivity index (χ3n) is 11.2. The summed E-state index contributed by atoms with van der Waals surface area (Å²) in [6, 6.07) is 33.4. The van der Waals surface area contributed by atoms with E-state index in [1.165, 1.54) is 73.8 Å². The van der Waals surface area contributed by atoms with E-state index in [0.29, 0.717) is 7.35 Å². The van der Waals surface area contributed by atoms with E-state index >= 15 is 0 Å². The number of halogens is 2. The molecule has 0 radical (unpaired) electrons. The molecule has 240 valence electrons. The fourth-order valence-electron chi connectivity index (χ4n) is 8.97. The molecule has 1 fully saturated rings. The zero-order chi connectivity index (χ0) is 30.3. The van der Waals surface area contributed by atoms with Crippen molar-refractivity contribution in [2.75, 3.05) is 0 Å². The molecule has 0 bridgehead atoms. The van der Waals surface area contributed by atoms with Crippen LogP contribution in [0.1, 0.15) is 101 Å². The standard InChI is InChI=1S/2C20H21.C3H6.2ClH.Hf/c2*1-3-6-16-13-18-7-5-8-19(20(18)14-16)17-11-9-15(4-2)10-12-17;1-3-2;;;/h2*5,7-14H,3-4,6H2,1-2H3;1-3H2;2*1H;. The first-order valence-corrected chi connectivity index (χ1v) is 26.7. The molecule has 46 heavy (non-hydrogen) atoms. The zero-order valence-electron chi connectivity index (χ0n) is 28.1. The normalized spacial score (nSPS) is 18.8. The van der Waals surface area contributed by atoms with Crippen LogP contribution in [-0.2, 0) is 32.8 Å². The van der Waals surface area contributed by atoms with E-state index < -0.39 is 20.0 Å². The van der Waals surface area contributed by atoms with E-state index in [9.17, 15) is 0 Å².